The second kappa shape index (κ2) is 6.78. The third-order valence-corrected chi connectivity index (χ3v) is 7.02. The Morgan fingerprint density at radius 3 is 2.75 bits per heavy atom. The van der Waals surface area contributed by atoms with E-state index in [2.05, 4.69) is 0 Å². The molecule has 3 aliphatic rings. The van der Waals surface area contributed by atoms with Gasteiger partial charge in [-0.15, -0.1) is 0 Å². The van der Waals surface area contributed by atoms with Gasteiger partial charge in [0.05, 0.1) is 18.6 Å². The van der Waals surface area contributed by atoms with E-state index in [1.807, 2.05) is 6.92 Å². The minimum atomic E-state index is -0.867. The van der Waals surface area contributed by atoms with E-state index < -0.39 is 28.7 Å². The molecule has 1 unspecified atom stereocenters. The van der Waals surface area contributed by atoms with Crippen molar-refractivity contribution in [1.82, 2.24) is 4.90 Å². The first-order valence-corrected chi connectivity index (χ1v) is 9.85. The van der Waals surface area contributed by atoms with Crippen molar-refractivity contribution >= 4 is 23.6 Å². The Labute approximate surface area is 164 Å². The smallest absolute Gasteiger partial charge is 0.453 e. The predicted octanol–water partition coefficient (Wildman–Crippen LogP) is 1.13. The van der Waals surface area contributed by atoms with Crippen LogP contribution in [0, 0.1) is 18.8 Å². The number of aryl methyl sites for hydroxylation is 1. The highest BCUT2D eigenvalue weighted by atomic mass is 32.2. The van der Waals surface area contributed by atoms with Crippen molar-refractivity contribution in [3.05, 3.63) is 32.7 Å². The third-order valence-electron chi connectivity index (χ3n) is 5.43. The van der Waals surface area contributed by atoms with E-state index in [0.717, 1.165) is 11.3 Å². The molecular formula is C18H21NO8S. The maximum atomic E-state index is 12.9. The Balaban J connectivity index is 1.62. The van der Waals surface area contributed by atoms with Crippen LogP contribution in [0.25, 0.3) is 0 Å². The van der Waals surface area contributed by atoms with Crippen molar-refractivity contribution in [3.63, 3.8) is 0 Å². The molecule has 4 atom stereocenters. The summed E-state index contributed by atoms with van der Waals surface area (Å²) in [5, 5.41) is 10.0. The average Bonchev–Trinajstić information content (AvgIpc) is 3.29. The average molecular weight is 411 g/mol. The summed E-state index contributed by atoms with van der Waals surface area (Å²) in [4.78, 5) is 38.2. The molecule has 1 amide bonds. The molecule has 2 saturated heterocycles. The molecule has 1 aromatic heterocycles. The number of aliphatic hydroxyl groups is 1. The van der Waals surface area contributed by atoms with Crippen LogP contribution >= 0.6 is 11.8 Å². The number of hydrogen-bond acceptors (Lipinski definition) is 9. The second-order valence-corrected chi connectivity index (χ2v) is 8.80. The Bertz CT molecular complexity index is 909. The first kappa shape index (κ1) is 19.3. The zero-order chi connectivity index (χ0) is 20.2. The van der Waals surface area contributed by atoms with Gasteiger partial charge in [-0.2, -0.15) is 0 Å². The molecule has 4 rings (SSSR count). The molecule has 0 aromatic carbocycles. The molecule has 4 heterocycles. The summed E-state index contributed by atoms with van der Waals surface area (Å²) in [5.41, 5.74) is 0.188. The van der Waals surface area contributed by atoms with E-state index in [0.29, 0.717) is 13.2 Å². The van der Waals surface area contributed by atoms with Gasteiger partial charge in [-0.05, 0) is 27.2 Å². The fourth-order valence-corrected chi connectivity index (χ4v) is 5.82. The zero-order valence-corrected chi connectivity index (χ0v) is 16.5. The van der Waals surface area contributed by atoms with Gasteiger partial charge in [0.15, 0.2) is 18.1 Å². The van der Waals surface area contributed by atoms with E-state index in [4.69, 9.17) is 18.3 Å². The minimum absolute atomic E-state index is 0.00832. The number of amides is 1. The molecule has 2 fully saturated rings. The van der Waals surface area contributed by atoms with E-state index >= 15 is 0 Å². The van der Waals surface area contributed by atoms with Crippen LogP contribution in [0.1, 0.15) is 31.8 Å². The quantitative estimate of drug-likeness (QED) is 0.562. The summed E-state index contributed by atoms with van der Waals surface area (Å²) >= 11 is 1.42. The van der Waals surface area contributed by atoms with Crippen molar-refractivity contribution in [1.29, 1.82) is 0 Å². The predicted molar refractivity (Wildman–Crippen MR) is 95.7 cm³/mol. The number of carbonyl (C=O) groups is 2. The normalized spacial score (nSPS) is 30.4. The van der Waals surface area contributed by atoms with Crippen molar-refractivity contribution in [2.45, 2.75) is 44.8 Å². The number of rotatable bonds is 5. The van der Waals surface area contributed by atoms with Crippen molar-refractivity contribution in [2.75, 3.05) is 13.2 Å². The first-order valence-electron chi connectivity index (χ1n) is 9.03. The van der Waals surface area contributed by atoms with Crippen LogP contribution in [-0.2, 0) is 25.7 Å². The van der Waals surface area contributed by atoms with Gasteiger partial charge in [0.25, 0.3) is 0 Å². The summed E-state index contributed by atoms with van der Waals surface area (Å²) in [6.07, 6.45) is -0.0905. The number of esters is 1. The number of ether oxygens (including phenoxy) is 2. The lowest BCUT2D eigenvalue weighted by atomic mass is 9.83. The molecule has 28 heavy (non-hydrogen) atoms. The monoisotopic (exact) mass is 411 g/mol. The van der Waals surface area contributed by atoms with Gasteiger partial charge < -0.3 is 23.4 Å². The van der Waals surface area contributed by atoms with Gasteiger partial charge in [-0.3, -0.25) is 9.69 Å². The third kappa shape index (κ3) is 2.82. The molecule has 0 aliphatic carbocycles. The minimum Gasteiger partial charge on any atom is -0.453 e. The van der Waals surface area contributed by atoms with Crippen LogP contribution < -0.4 is 5.82 Å². The van der Waals surface area contributed by atoms with Gasteiger partial charge >= 0.3 is 11.8 Å². The van der Waals surface area contributed by atoms with Crippen LogP contribution in [-0.4, -0.2) is 46.1 Å². The molecule has 3 aliphatic heterocycles. The number of fused-ring (bicyclic) bond motifs is 1. The van der Waals surface area contributed by atoms with E-state index in [-0.39, 0.29) is 35.6 Å². The van der Waals surface area contributed by atoms with Crippen LogP contribution in [0.3, 0.4) is 0 Å². The SMILES string of the molecule is Cc1oc(=O)oc1COC(=O)C1=C(C2CCOC2)S[C@]2(C)[C@@H]([C@@H](C)O)C(=O)N12. The van der Waals surface area contributed by atoms with Gasteiger partial charge in [0, 0.05) is 17.4 Å². The molecular weight excluding hydrogens is 390 g/mol. The summed E-state index contributed by atoms with van der Waals surface area (Å²) in [7, 11) is 0. The maximum Gasteiger partial charge on any atom is 0.519 e. The highest BCUT2D eigenvalue weighted by Gasteiger charge is 2.66. The van der Waals surface area contributed by atoms with Crippen molar-refractivity contribution in [2.24, 2.45) is 11.8 Å². The Morgan fingerprint density at radius 1 is 1.43 bits per heavy atom. The van der Waals surface area contributed by atoms with E-state index in [1.165, 1.54) is 23.6 Å². The first-order chi connectivity index (χ1) is 13.2. The molecule has 0 radical (unpaired) electrons. The van der Waals surface area contributed by atoms with E-state index in [1.54, 1.807) is 6.92 Å². The summed E-state index contributed by atoms with van der Waals surface area (Å²) in [6.45, 7) is 5.71. The van der Waals surface area contributed by atoms with Crippen molar-refractivity contribution < 1.29 is 33.0 Å². The second-order valence-electron chi connectivity index (χ2n) is 7.33. The number of carbonyl (C=O) groups excluding carboxylic acids is 2. The van der Waals surface area contributed by atoms with Gasteiger partial charge in [-0.1, -0.05) is 11.8 Å². The van der Waals surface area contributed by atoms with Crippen LogP contribution in [0.2, 0.25) is 0 Å². The number of nitrogens with zero attached hydrogens (tertiary/aromatic N) is 1. The summed E-state index contributed by atoms with van der Waals surface area (Å²) in [6, 6.07) is 0. The van der Waals surface area contributed by atoms with Crippen LogP contribution in [0.15, 0.2) is 24.2 Å². The Morgan fingerprint density at radius 2 is 2.18 bits per heavy atom. The molecule has 152 valence electrons. The standard InChI is InChI=1S/C18H21NO8S/c1-8(20)12-15(21)19-13(14(28-18(12,19)3)10-4-5-24-6-10)16(22)25-7-11-9(2)26-17(23)27-11/h8,10,12,20H,4-7H2,1-3H3/t8-,10?,12+,18-/m1/s1. The van der Waals surface area contributed by atoms with Crippen LogP contribution in [0.5, 0.6) is 0 Å². The number of hydrogen-bond donors (Lipinski definition) is 1. The summed E-state index contributed by atoms with van der Waals surface area (Å²) in [5.74, 6) is -2.12. The topological polar surface area (TPSA) is 119 Å². The molecule has 9 nitrogen and oxygen atoms in total. The highest BCUT2D eigenvalue weighted by Crippen LogP contribution is 2.60. The maximum absolute atomic E-state index is 12.9. The number of thioether (sulfide) groups is 1. The molecule has 1 aromatic rings. The molecule has 0 bridgehead atoms. The molecule has 10 heteroatoms. The van der Waals surface area contributed by atoms with Gasteiger partial charge in [0.1, 0.15) is 10.6 Å². The van der Waals surface area contributed by atoms with Crippen molar-refractivity contribution in [3.8, 4) is 0 Å². The summed E-state index contributed by atoms with van der Waals surface area (Å²) < 4.78 is 20.4. The molecule has 0 saturated carbocycles. The lowest BCUT2D eigenvalue weighted by Gasteiger charge is -2.52. The van der Waals surface area contributed by atoms with Gasteiger partial charge in [-0.25, -0.2) is 9.59 Å². The Hall–Kier alpha value is -2.04. The van der Waals surface area contributed by atoms with Crippen LogP contribution in [0.4, 0.5) is 0 Å². The number of aliphatic hydroxyl groups excluding tert-OH is 1. The largest absolute Gasteiger partial charge is 0.519 e. The molecule has 1 N–H and O–H groups in total. The van der Waals surface area contributed by atoms with Gasteiger partial charge in [0.2, 0.25) is 5.91 Å². The number of β-lactam (4-membered cyclic amide) rings is 1. The lowest BCUT2D eigenvalue weighted by molar-refractivity contribution is -0.166. The fraction of sp³-hybridized carbons (Fsp3) is 0.611. The Kier molecular flexibility index (Phi) is 4.67. The zero-order valence-electron chi connectivity index (χ0n) is 15.7. The highest BCUT2D eigenvalue weighted by molar-refractivity contribution is 8.04. The lowest BCUT2D eigenvalue weighted by Crippen LogP contribution is -2.68. The fourth-order valence-electron chi connectivity index (χ4n) is 4.05. The molecule has 0 spiro atoms. The van der Waals surface area contributed by atoms with E-state index in [9.17, 15) is 19.5 Å².